The molecule has 0 saturated carbocycles. The van der Waals surface area contributed by atoms with Crippen molar-refractivity contribution in [2.75, 3.05) is 13.7 Å². The van der Waals surface area contributed by atoms with Gasteiger partial charge in [-0.25, -0.2) is 0 Å². The van der Waals surface area contributed by atoms with Crippen molar-refractivity contribution in [3.63, 3.8) is 0 Å². The molecule has 0 unspecified atom stereocenters. The molecule has 0 radical (unpaired) electrons. The molecule has 0 aromatic carbocycles. The van der Waals surface area contributed by atoms with Crippen LogP contribution in [0.5, 0.6) is 0 Å². The summed E-state index contributed by atoms with van der Waals surface area (Å²) in [7, 11) is 1.30. The zero-order valence-corrected chi connectivity index (χ0v) is 37.8. The van der Waals surface area contributed by atoms with E-state index in [9.17, 15) is 14.4 Å². The number of ketones is 1. The number of hydrogen-bond acceptors (Lipinski definition) is 5. The van der Waals surface area contributed by atoms with E-state index in [1.54, 1.807) is 0 Å². The van der Waals surface area contributed by atoms with Gasteiger partial charge in [0.1, 0.15) is 12.5 Å². The van der Waals surface area contributed by atoms with E-state index in [1.165, 1.54) is 38.4 Å². The van der Waals surface area contributed by atoms with Crippen molar-refractivity contribution in [3.05, 3.63) is 95.2 Å². The van der Waals surface area contributed by atoms with Crippen LogP contribution >= 0.6 is 0 Å². The molecule has 4 atom stereocenters. The standard InChI is InChI=1S/C48H61N4O5.Mg/c1-11-14-16-26(4)17-15-18-27(5)21-22-57-41(53)20-19-34-30(8)37-23-35-28(6)32(12-2)39(49-35)24-36-29(7)33(13-3)40(50-36)25-38-31(9)42-46(52-38)43(45(34)51-37)44(47(42)54)48(55)56-10;/h21,23-26,30,34,44H,11-20,22H2,1-10H3,(H-,51,52,54);/q-3;+2/p-1/b27-21+,36-24-,37-23-,40-25-;/t26-,30+,34+,44-;/m1./s1. The van der Waals surface area contributed by atoms with Crippen molar-refractivity contribution in [1.29, 1.82) is 0 Å². The third kappa shape index (κ3) is 8.93. The Balaban J connectivity index is 0.00000641. The fourth-order valence-electron chi connectivity index (χ4n) is 9.02. The van der Waals surface area contributed by atoms with E-state index in [0.717, 1.165) is 81.6 Å². The van der Waals surface area contributed by atoms with Crippen LogP contribution in [0.25, 0.3) is 29.1 Å². The molecule has 2 aliphatic heterocycles. The molecule has 10 heteroatoms. The van der Waals surface area contributed by atoms with Crippen LogP contribution < -0.4 is 25.7 Å². The number of rotatable bonds is 15. The number of fused-ring (bicyclic) bond motifs is 7. The number of unbranched alkanes of at least 4 members (excludes halogenated alkanes) is 1. The number of nitrogens with zero attached hydrogens (tertiary/aromatic N) is 4. The van der Waals surface area contributed by atoms with Crippen LogP contribution in [0.1, 0.15) is 154 Å². The van der Waals surface area contributed by atoms with E-state index >= 15 is 0 Å². The van der Waals surface area contributed by atoms with Crippen molar-refractivity contribution in [3.8, 4) is 0 Å². The van der Waals surface area contributed by atoms with Gasteiger partial charge < -0.3 is 29.7 Å². The molecule has 1 saturated heterocycles. The minimum Gasteiger partial charge on any atom is -0.664 e. The Kier molecular flexibility index (Phi) is 15.0. The molecule has 0 amide bonds. The van der Waals surface area contributed by atoms with Gasteiger partial charge in [0.05, 0.1) is 7.11 Å². The maximum absolute atomic E-state index is 14.3. The molecular weight excluding hydrogens is 737 g/mol. The molecule has 6 rings (SSSR count). The van der Waals surface area contributed by atoms with Crippen LogP contribution in [0, 0.1) is 44.4 Å². The number of aromatic nitrogens is 3. The molecule has 1 fully saturated rings. The summed E-state index contributed by atoms with van der Waals surface area (Å²) in [5, 5.41) is 6.91. The summed E-state index contributed by atoms with van der Waals surface area (Å²) in [5.74, 6) is -2.21. The van der Waals surface area contributed by atoms with Crippen LogP contribution in [0.3, 0.4) is 0 Å². The van der Waals surface area contributed by atoms with E-state index < -0.39 is 11.9 Å². The largest absolute Gasteiger partial charge is 2.00 e. The average molecular weight is 797 g/mol. The first kappa shape index (κ1) is 45.1. The summed E-state index contributed by atoms with van der Waals surface area (Å²) in [6, 6.07) is 0. The van der Waals surface area contributed by atoms with Crippen molar-refractivity contribution in [2.45, 2.75) is 127 Å². The molecule has 3 aromatic heterocycles. The molecule has 0 N–H and O–H groups in total. The van der Waals surface area contributed by atoms with Gasteiger partial charge in [0.2, 0.25) is 0 Å². The zero-order chi connectivity index (χ0) is 41.1. The molecule has 1 aliphatic carbocycles. The van der Waals surface area contributed by atoms with Gasteiger partial charge in [-0.1, -0.05) is 117 Å². The van der Waals surface area contributed by atoms with Crippen LogP contribution in [0.4, 0.5) is 0 Å². The Morgan fingerprint density at radius 3 is 2.24 bits per heavy atom. The second kappa shape index (κ2) is 19.4. The van der Waals surface area contributed by atoms with Gasteiger partial charge in [0.15, 0.2) is 5.78 Å². The van der Waals surface area contributed by atoms with Gasteiger partial charge in [0, 0.05) is 12.0 Å². The van der Waals surface area contributed by atoms with E-state index in [-0.39, 0.29) is 59.7 Å². The Morgan fingerprint density at radius 1 is 0.862 bits per heavy atom. The minimum absolute atomic E-state index is 0. The van der Waals surface area contributed by atoms with Crippen molar-refractivity contribution < 1.29 is 23.9 Å². The first-order chi connectivity index (χ1) is 27.3. The molecule has 3 aliphatic rings. The van der Waals surface area contributed by atoms with Crippen molar-refractivity contribution in [2.24, 2.45) is 23.7 Å². The number of carbonyl (C=O) groups is 3. The minimum atomic E-state index is -1.20. The molecule has 306 valence electrons. The Bertz CT molecular complexity index is 2260. The number of hydrogen-bond donors (Lipinski definition) is 0. The van der Waals surface area contributed by atoms with Gasteiger partial charge in [0.25, 0.3) is 0 Å². The molecule has 3 aromatic rings. The van der Waals surface area contributed by atoms with E-state index in [1.807, 2.05) is 25.2 Å². The van der Waals surface area contributed by atoms with E-state index in [4.69, 9.17) is 29.7 Å². The van der Waals surface area contributed by atoms with Crippen molar-refractivity contribution >= 4 is 64.6 Å². The Morgan fingerprint density at radius 2 is 1.55 bits per heavy atom. The number of esters is 2. The number of Topliss-reactive ketones (excluding diaryl/α,β-unsaturated/α-hetero) is 1. The molecule has 5 heterocycles. The molecule has 8 bridgehead atoms. The van der Waals surface area contributed by atoms with Crippen LogP contribution in [-0.2, 0) is 31.9 Å². The average Bonchev–Trinajstić information content (AvgIpc) is 3.93. The third-order valence-corrected chi connectivity index (χ3v) is 12.6. The number of carbonyl (C=O) groups excluding carboxylic acids is 3. The summed E-state index contributed by atoms with van der Waals surface area (Å²) >= 11 is 0. The maximum atomic E-state index is 14.3. The van der Waals surface area contributed by atoms with Gasteiger partial charge in [-0.05, 0) is 83.6 Å². The monoisotopic (exact) mass is 796 g/mol. The molecule has 9 nitrogen and oxygen atoms in total. The summed E-state index contributed by atoms with van der Waals surface area (Å²) in [6.07, 6.45) is 17.4. The SMILES string of the molecule is CCCC[C@@H](C)CCC/C(C)=C/COC(=O)CC[C@@H]1/C2=C3/c4[n-]c(c(C)c4C(=O)[C@@H]3C(=O)OC)/C=c3\[n-]/c(c(C)c3CC)=C\c3[n-]c(c(C)c3CC)/C=C(\[N-]2)[C@H]1C.[Mg+2]. The van der Waals surface area contributed by atoms with E-state index in [2.05, 4.69) is 61.5 Å². The topological polar surface area (TPSA) is 126 Å². The van der Waals surface area contributed by atoms with Crippen LogP contribution in [-0.4, -0.2) is 54.5 Å². The van der Waals surface area contributed by atoms with Gasteiger partial charge in [-0.3, -0.25) is 14.4 Å². The zero-order valence-electron chi connectivity index (χ0n) is 36.4. The summed E-state index contributed by atoms with van der Waals surface area (Å²) in [4.78, 5) is 56.4. The van der Waals surface area contributed by atoms with Crippen LogP contribution in [0.2, 0.25) is 0 Å². The fourth-order valence-corrected chi connectivity index (χ4v) is 9.02. The summed E-state index contributed by atoms with van der Waals surface area (Å²) in [5.41, 5.74) is 11.4. The predicted molar refractivity (Wildman–Crippen MR) is 232 cm³/mol. The Labute approximate surface area is 360 Å². The summed E-state index contributed by atoms with van der Waals surface area (Å²) in [6.45, 7) is 19.3. The fraction of sp³-hybridized carbons (Fsp3) is 0.521. The van der Waals surface area contributed by atoms with Gasteiger partial charge in [-0.2, -0.15) is 11.4 Å². The van der Waals surface area contributed by atoms with Crippen molar-refractivity contribution in [1.82, 2.24) is 15.0 Å². The summed E-state index contributed by atoms with van der Waals surface area (Å²) < 4.78 is 11.0. The second-order valence-electron chi connectivity index (χ2n) is 16.4. The molecule has 58 heavy (non-hydrogen) atoms. The normalized spacial score (nSPS) is 22.2. The maximum Gasteiger partial charge on any atom is 2.00 e. The second-order valence-corrected chi connectivity index (χ2v) is 16.4. The first-order valence-corrected chi connectivity index (χ1v) is 21.1. The number of allylic oxidation sites excluding steroid dienone is 3. The Hall–Kier alpha value is -4.02. The number of methoxy groups -OCH3 is 1. The van der Waals surface area contributed by atoms with Gasteiger partial charge in [-0.15, -0.1) is 33.5 Å². The quantitative estimate of drug-likeness (QED) is 0.0660. The van der Waals surface area contributed by atoms with Gasteiger partial charge >= 0.3 is 35.0 Å². The third-order valence-electron chi connectivity index (χ3n) is 12.6. The first-order valence-electron chi connectivity index (χ1n) is 21.1. The molecule has 0 spiro atoms. The van der Waals surface area contributed by atoms with E-state index in [0.29, 0.717) is 40.2 Å². The smallest absolute Gasteiger partial charge is 0.664 e. The predicted octanol–water partition coefficient (Wildman–Crippen LogP) is 7.84. The number of ether oxygens (including phenoxy) is 2. The molecular formula is C48H60MgN4O5-2. The van der Waals surface area contributed by atoms with Crippen LogP contribution in [0.15, 0.2) is 23.0 Å².